The molecular weight excluding hydrogens is 247 g/mol. The quantitative estimate of drug-likeness (QED) is 0.847. The Bertz CT molecular complexity index is 427. The zero-order valence-corrected chi connectivity index (χ0v) is 9.42. The summed E-state index contributed by atoms with van der Waals surface area (Å²) in [6.07, 6.45) is -1.99. The van der Waals surface area contributed by atoms with E-state index in [1.54, 1.807) is 0 Å². The van der Waals surface area contributed by atoms with Crippen molar-refractivity contribution in [2.24, 2.45) is 5.41 Å². The van der Waals surface area contributed by atoms with Crippen molar-refractivity contribution < 1.29 is 18.0 Å². The standard InChI is InChI=1S/C11H12F3N3O/c12-11(13,14)10(3-6-16-7-10)9(18)17-8-1-4-15-5-2-8/h1-2,4-5,16H,3,6-7H2,(H,15,17,18). The van der Waals surface area contributed by atoms with E-state index in [2.05, 4.69) is 15.6 Å². The molecule has 0 radical (unpaired) electrons. The van der Waals surface area contributed by atoms with Gasteiger partial charge in [-0.05, 0) is 25.1 Å². The Morgan fingerprint density at radius 3 is 2.56 bits per heavy atom. The van der Waals surface area contributed by atoms with Crippen LogP contribution in [-0.2, 0) is 4.79 Å². The normalized spacial score (nSPS) is 23.9. The monoisotopic (exact) mass is 259 g/mol. The van der Waals surface area contributed by atoms with Gasteiger partial charge < -0.3 is 10.6 Å². The lowest BCUT2D eigenvalue weighted by molar-refractivity contribution is -0.213. The average molecular weight is 259 g/mol. The third-order valence-corrected chi connectivity index (χ3v) is 3.07. The number of hydrogen-bond donors (Lipinski definition) is 2. The number of carbonyl (C=O) groups is 1. The molecule has 1 amide bonds. The first-order valence-electron chi connectivity index (χ1n) is 5.45. The van der Waals surface area contributed by atoms with E-state index in [9.17, 15) is 18.0 Å². The Morgan fingerprint density at radius 1 is 1.39 bits per heavy atom. The summed E-state index contributed by atoms with van der Waals surface area (Å²) in [5.74, 6) is -1.02. The molecule has 0 aliphatic carbocycles. The van der Waals surface area contributed by atoms with E-state index >= 15 is 0 Å². The molecule has 0 bridgehead atoms. The molecule has 1 unspecified atom stereocenters. The van der Waals surface area contributed by atoms with Crippen LogP contribution in [0.2, 0.25) is 0 Å². The van der Waals surface area contributed by atoms with Gasteiger partial charge in [0.05, 0.1) is 0 Å². The lowest BCUT2D eigenvalue weighted by atomic mass is 9.85. The van der Waals surface area contributed by atoms with Gasteiger partial charge in [0.1, 0.15) is 0 Å². The van der Waals surface area contributed by atoms with Crippen LogP contribution in [0.25, 0.3) is 0 Å². The summed E-state index contributed by atoms with van der Waals surface area (Å²) in [7, 11) is 0. The van der Waals surface area contributed by atoms with Crippen LogP contribution in [0.3, 0.4) is 0 Å². The molecule has 1 aromatic rings. The Labute approximate surface area is 102 Å². The highest BCUT2D eigenvalue weighted by Crippen LogP contribution is 2.43. The van der Waals surface area contributed by atoms with Gasteiger partial charge in [-0.1, -0.05) is 0 Å². The van der Waals surface area contributed by atoms with Gasteiger partial charge in [-0.3, -0.25) is 9.78 Å². The molecule has 1 saturated heterocycles. The Hall–Kier alpha value is -1.63. The number of rotatable bonds is 2. The summed E-state index contributed by atoms with van der Waals surface area (Å²) in [5, 5.41) is 4.89. The molecule has 2 N–H and O–H groups in total. The molecule has 0 spiro atoms. The van der Waals surface area contributed by atoms with E-state index in [0.717, 1.165) is 0 Å². The minimum Gasteiger partial charge on any atom is -0.325 e. The maximum absolute atomic E-state index is 13.1. The van der Waals surface area contributed by atoms with Gasteiger partial charge >= 0.3 is 6.18 Å². The molecule has 1 aliphatic rings. The molecule has 1 fully saturated rings. The van der Waals surface area contributed by atoms with Crippen molar-refractivity contribution >= 4 is 11.6 Å². The number of halogens is 3. The summed E-state index contributed by atoms with van der Waals surface area (Å²) in [6.45, 7) is -0.198. The maximum atomic E-state index is 13.1. The zero-order valence-electron chi connectivity index (χ0n) is 9.42. The molecule has 1 aromatic heterocycles. The molecule has 7 heteroatoms. The molecule has 4 nitrogen and oxygen atoms in total. The van der Waals surface area contributed by atoms with Crippen LogP contribution in [0.15, 0.2) is 24.5 Å². The van der Waals surface area contributed by atoms with Gasteiger partial charge in [-0.25, -0.2) is 0 Å². The fourth-order valence-corrected chi connectivity index (χ4v) is 1.94. The van der Waals surface area contributed by atoms with Crippen molar-refractivity contribution in [1.29, 1.82) is 0 Å². The van der Waals surface area contributed by atoms with Gasteiger partial charge in [-0.15, -0.1) is 0 Å². The van der Waals surface area contributed by atoms with E-state index in [1.807, 2.05) is 0 Å². The van der Waals surface area contributed by atoms with Crippen LogP contribution in [0.5, 0.6) is 0 Å². The number of aromatic nitrogens is 1. The zero-order chi connectivity index (χ0) is 13.2. The van der Waals surface area contributed by atoms with Gasteiger partial charge in [0.25, 0.3) is 0 Å². The fourth-order valence-electron chi connectivity index (χ4n) is 1.94. The van der Waals surface area contributed by atoms with Crippen molar-refractivity contribution in [3.05, 3.63) is 24.5 Å². The molecule has 2 rings (SSSR count). The smallest absolute Gasteiger partial charge is 0.325 e. The highest BCUT2D eigenvalue weighted by molar-refractivity contribution is 5.96. The summed E-state index contributed by atoms with van der Waals surface area (Å²) in [4.78, 5) is 15.6. The molecular formula is C11H12F3N3O. The highest BCUT2D eigenvalue weighted by atomic mass is 19.4. The fraction of sp³-hybridized carbons (Fsp3) is 0.455. The first-order valence-corrected chi connectivity index (χ1v) is 5.45. The van der Waals surface area contributed by atoms with Crippen LogP contribution in [-0.4, -0.2) is 30.2 Å². The third-order valence-electron chi connectivity index (χ3n) is 3.07. The maximum Gasteiger partial charge on any atom is 0.404 e. The Kier molecular flexibility index (Phi) is 3.25. The number of anilines is 1. The molecule has 1 atom stereocenters. The predicted octanol–water partition coefficient (Wildman–Crippen LogP) is 1.56. The van der Waals surface area contributed by atoms with E-state index in [4.69, 9.17) is 0 Å². The number of nitrogens with one attached hydrogen (secondary N) is 2. The van der Waals surface area contributed by atoms with Gasteiger partial charge in [0.15, 0.2) is 5.41 Å². The molecule has 18 heavy (non-hydrogen) atoms. The van der Waals surface area contributed by atoms with Crippen molar-refractivity contribution in [1.82, 2.24) is 10.3 Å². The summed E-state index contributed by atoms with van der Waals surface area (Å²) < 4.78 is 39.2. The van der Waals surface area contributed by atoms with Gasteiger partial charge in [-0.2, -0.15) is 13.2 Å². The SMILES string of the molecule is O=C(Nc1ccncc1)C1(C(F)(F)F)CCNC1. The predicted molar refractivity (Wildman–Crippen MR) is 58.8 cm³/mol. The van der Waals surface area contributed by atoms with Crippen LogP contribution in [0.4, 0.5) is 18.9 Å². The Balaban J connectivity index is 2.20. The number of hydrogen-bond acceptors (Lipinski definition) is 3. The third kappa shape index (κ3) is 2.17. The van der Waals surface area contributed by atoms with E-state index in [-0.39, 0.29) is 19.5 Å². The molecule has 2 heterocycles. The molecule has 0 aromatic carbocycles. The lowest BCUT2D eigenvalue weighted by Crippen LogP contribution is -2.49. The van der Waals surface area contributed by atoms with Crippen LogP contribution in [0, 0.1) is 5.41 Å². The molecule has 0 saturated carbocycles. The minimum atomic E-state index is -4.56. The first-order chi connectivity index (χ1) is 8.46. The van der Waals surface area contributed by atoms with Crippen LogP contribution < -0.4 is 10.6 Å². The van der Waals surface area contributed by atoms with Crippen molar-refractivity contribution in [2.45, 2.75) is 12.6 Å². The topological polar surface area (TPSA) is 54.0 Å². The lowest BCUT2D eigenvalue weighted by Gasteiger charge is -2.29. The van der Waals surface area contributed by atoms with E-state index < -0.39 is 17.5 Å². The average Bonchev–Trinajstić information content (AvgIpc) is 2.80. The highest BCUT2D eigenvalue weighted by Gasteiger charge is 2.61. The van der Waals surface area contributed by atoms with Gasteiger partial charge in [0.2, 0.25) is 5.91 Å². The number of nitrogens with zero attached hydrogens (tertiary/aromatic N) is 1. The summed E-state index contributed by atoms with van der Waals surface area (Å²) in [5.41, 5.74) is -2.03. The van der Waals surface area contributed by atoms with Crippen molar-refractivity contribution in [2.75, 3.05) is 18.4 Å². The summed E-state index contributed by atoms with van der Waals surface area (Å²) in [6, 6.07) is 2.90. The number of pyridine rings is 1. The number of carbonyl (C=O) groups excluding carboxylic acids is 1. The van der Waals surface area contributed by atoms with E-state index in [1.165, 1.54) is 24.5 Å². The molecule has 1 aliphatic heterocycles. The van der Waals surface area contributed by atoms with Crippen LogP contribution in [0.1, 0.15) is 6.42 Å². The number of amides is 1. The largest absolute Gasteiger partial charge is 0.404 e. The number of alkyl halides is 3. The molecule has 98 valence electrons. The first kappa shape index (κ1) is 12.8. The van der Waals surface area contributed by atoms with Gasteiger partial charge in [0, 0.05) is 24.6 Å². The second kappa shape index (κ2) is 4.56. The van der Waals surface area contributed by atoms with Crippen molar-refractivity contribution in [3.63, 3.8) is 0 Å². The second-order valence-corrected chi connectivity index (χ2v) is 4.20. The van der Waals surface area contributed by atoms with Crippen molar-refractivity contribution in [3.8, 4) is 0 Å². The summed E-state index contributed by atoms with van der Waals surface area (Å²) >= 11 is 0. The van der Waals surface area contributed by atoms with Crippen LogP contribution >= 0.6 is 0 Å². The van der Waals surface area contributed by atoms with E-state index in [0.29, 0.717) is 5.69 Å². The second-order valence-electron chi connectivity index (χ2n) is 4.20. The Morgan fingerprint density at radius 2 is 2.06 bits per heavy atom. The minimum absolute atomic E-state index is 0.184.